The summed E-state index contributed by atoms with van der Waals surface area (Å²) in [6.07, 6.45) is 8.46. The van der Waals surface area contributed by atoms with Crippen molar-refractivity contribution < 1.29 is 9.47 Å². The molecule has 1 aliphatic heterocycles. The van der Waals surface area contributed by atoms with Crippen LogP contribution in [0.25, 0.3) is 55.6 Å². The molecule has 0 N–H and O–H groups in total. The molecular weight excluding hydrogens is 1000 g/mol. The molecule has 0 amide bonds. The Bertz CT molecular complexity index is 3690. The summed E-state index contributed by atoms with van der Waals surface area (Å²) in [6, 6.07) is 77.8. The van der Waals surface area contributed by atoms with Crippen molar-refractivity contribution in [3.63, 3.8) is 0 Å². The second-order valence-electron chi connectivity index (χ2n) is 20.3. The molecule has 1 aromatic heterocycles. The van der Waals surface area contributed by atoms with Gasteiger partial charge >= 0.3 is 0 Å². The molecule has 6 nitrogen and oxygen atoms in total. The van der Waals surface area contributed by atoms with Crippen LogP contribution in [0, 0.1) is 5.92 Å². The molecule has 0 unspecified atom stereocenters. The van der Waals surface area contributed by atoms with Crippen LogP contribution in [0.5, 0.6) is 11.5 Å². The highest BCUT2D eigenvalue weighted by Crippen LogP contribution is 2.52. The first kappa shape index (κ1) is 52.7. The zero-order chi connectivity index (χ0) is 53.8. The number of unbranched alkanes of at least 4 members (excludes halogenated alkanes) is 5. The Kier molecular flexibility index (Phi) is 17.0. The first-order valence-corrected chi connectivity index (χ1v) is 29.3. The Balaban J connectivity index is 0.972. The van der Waals surface area contributed by atoms with E-state index >= 15 is 0 Å². The number of aromatic nitrogens is 2. The van der Waals surface area contributed by atoms with Crippen LogP contribution in [0.1, 0.15) is 110 Å². The number of rotatable bonds is 22. The molecule has 79 heavy (non-hydrogen) atoms. The molecule has 2 heterocycles. The fourth-order valence-electron chi connectivity index (χ4n) is 10.5. The Morgan fingerprint density at radius 3 is 1.11 bits per heavy atom. The van der Waals surface area contributed by atoms with Crippen LogP contribution in [-0.4, -0.2) is 22.0 Å². The van der Waals surface area contributed by atoms with Gasteiger partial charge in [-0.2, -0.15) is 17.5 Å². The van der Waals surface area contributed by atoms with Crippen LogP contribution < -0.4 is 9.47 Å². The molecule has 10 aromatic rings. The molecule has 0 saturated heterocycles. The summed E-state index contributed by atoms with van der Waals surface area (Å²) in [5.41, 5.74) is 20.6. The van der Waals surface area contributed by atoms with Crippen molar-refractivity contribution in [1.29, 1.82) is 0 Å². The Hall–Kier alpha value is -8.30. The summed E-state index contributed by atoms with van der Waals surface area (Å²) in [5.74, 6) is 2.24. The van der Waals surface area contributed by atoms with E-state index in [2.05, 4.69) is 239 Å². The third kappa shape index (κ3) is 11.9. The molecular formula is C71H64N4O2S2. The zero-order valence-corrected chi connectivity index (χ0v) is 46.8. The maximum atomic E-state index is 6.29. The van der Waals surface area contributed by atoms with Gasteiger partial charge in [-0.15, -0.1) is 0 Å². The molecule has 392 valence electrons. The largest absolute Gasteiger partial charge is 0.494 e. The van der Waals surface area contributed by atoms with Crippen LogP contribution >= 0.6 is 11.7 Å². The molecule has 8 heteroatoms. The minimum absolute atomic E-state index is 0.479. The molecule has 1 atom stereocenters. The van der Waals surface area contributed by atoms with Crippen LogP contribution in [0.4, 0.5) is 11.4 Å². The fourth-order valence-corrected chi connectivity index (χ4v) is 11.6. The number of nitrogens with zero attached hydrogens (tertiary/aromatic N) is 4. The summed E-state index contributed by atoms with van der Waals surface area (Å²) in [6.45, 7) is 8.09. The molecule has 0 radical (unpaired) electrons. The van der Waals surface area contributed by atoms with Crippen molar-refractivity contribution in [2.45, 2.75) is 65.7 Å². The summed E-state index contributed by atoms with van der Waals surface area (Å²) in [7, 11) is 0. The third-order valence-electron chi connectivity index (χ3n) is 14.9. The van der Waals surface area contributed by atoms with Gasteiger partial charge in [0.15, 0.2) is 0 Å². The van der Waals surface area contributed by atoms with E-state index in [0.717, 1.165) is 142 Å². The lowest BCUT2D eigenvalue weighted by Gasteiger charge is -2.19. The van der Waals surface area contributed by atoms with Gasteiger partial charge in [-0.05, 0) is 115 Å². The van der Waals surface area contributed by atoms with Gasteiger partial charge in [0, 0.05) is 11.1 Å². The van der Waals surface area contributed by atoms with Gasteiger partial charge in [-0.25, -0.2) is 0 Å². The Morgan fingerprint density at radius 1 is 0.392 bits per heavy atom. The summed E-state index contributed by atoms with van der Waals surface area (Å²) in [4.78, 5) is 0. The predicted octanol–water partition coefficient (Wildman–Crippen LogP) is 19.9. The van der Waals surface area contributed by atoms with Gasteiger partial charge in [0.2, 0.25) is 0 Å². The molecule has 11 rings (SSSR count). The SMILES string of the molecule is CCCCCCCCOc1ccc(C(=C(c2ccccc2)c2ccccc2)c2ccc(-c3c4c(c(-c5ccc(C(=C(c6ccccc6)c6ccccc6)c6ccc(OC[C@H](C)CC)cc6)cc5)c5nsnc35)N=S=N4)cc2)cc1. The van der Waals surface area contributed by atoms with Crippen molar-refractivity contribution in [2.24, 2.45) is 14.6 Å². The van der Waals surface area contributed by atoms with E-state index in [1.165, 1.54) is 55.2 Å². The molecule has 0 aliphatic carbocycles. The number of hydrogen-bond donors (Lipinski definition) is 0. The van der Waals surface area contributed by atoms with E-state index in [1.54, 1.807) is 0 Å². The maximum absolute atomic E-state index is 6.29. The van der Waals surface area contributed by atoms with Crippen molar-refractivity contribution in [3.8, 4) is 33.8 Å². The van der Waals surface area contributed by atoms with Crippen LogP contribution in [-0.2, 0) is 11.4 Å². The molecule has 9 aromatic carbocycles. The van der Waals surface area contributed by atoms with Crippen LogP contribution in [0.3, 0.4) is 0 Å². The Morgan fingerprint density at radius 2 is 0.734 bits per heavy atom. The lowest BCUT2D eigenvalue weighted by molar-refractivity contribution is 0.256. The first-order valence-electron chi connectivity index (χ1n) is 27.8. The van der Waals surface area contributed by atoms with Crippen LogP contribution in [0.2, 0.25) is 0 Å². The smallest absolute Gasteiger partial charge is 0.119 e. The lowest BCUT2D eigenvalue weighted by atomic mass is 9.84. The van der Waals surface area contributed by atoms with E-state index in [1.807, 2.05) is 0 Å². The summed E-state index contributed by atoms with van der Waals surface area (Å²) in [5, 5.41) is 0. The monoisotopic (exact) mass is 1070 g/mol. The second-order valence-corrected chi connectivity index (χ2v) is 21.3. The van der Waals surface area contributed by atoms with Gasteiger partial charge in [0.1, 0.15) is 33.9 Å². The summed E-state index contributed by atoms with van der Waals surface area (Å²) < 4.78 is 32.6. The van der Waals surface area contributed by atoms with Gasteiger partial charge < -0.3 is 9.47 Å². The molecule has 0 bridgehead atoms. The molecule has 1 aliphatic rings. The van der Waals surface area contributed by atoms with Crippen molar-refractivity contribution >= 4 is 67.8 Å². The van der Waals surface area contributed by atoms with Crippen molar-refractivity contribution in [3.05, 3.63) is 263 Å². The van der Waals surface area contributed by atoms with Gasteiger partial charge in [-0.3, -0.25) is 0 Å². The minimum atomic E-state index is 0.479. The standard InChI is InChI=1S/C71H64N4O2S2/c1-4-6-7-8-9-22-47-76-60-43-39-56(40-44-60)64(62(50-23-14-10-15-24-50)51-25-16-11-17-26-51)54-31-35-58(36-32-54)66-68-70(74-78-72-68)67(71-69(66)73-79-75-71)59-37-33-55(34-38-59)65(57-41-45-61(46-42-57)77-48-49(3)5-2)63(52-27-18-12-19-28-52)53-29-20-13-21-30-53/h10-21,23-46,49H,4-9,22,47-48H2,1-3H3/t49-/m1/s1. The zero-order valence-electron chi connectivity index (χ0n) is 45.1. The fraction of sp³-hybridized carbons (Fsp3) is 0.183. The highest BCUT2D eigenvalue weighted by Gasteiger charge is 2.27. The lowest BCUT2D eigenvalue weighted by Crippen LogP contribution is -2.07. The Labute approximate surface area is 473 Å². The predicted molar refractivity (Wildman–Crippen MR) is 332 cm³/mol. The highest BCUT2D eigenvalue weighted by atomic mass is 32.1. The van der Waals surface area contributed by atoms with E-state index in [9.17, 15) is 0 Å². The van der Waals surface area contributed by atoms with Crippen molar-refractivity contribution in [1.82, 2.24) is 8.75 Å². The van der Waals surface area contributed by atoms with Gasteiger partial charge in [-0.1, -0.05) is 253 Å². The number of hydrogen-bond acceptors (Lipinski definition) is 7. The topological polar surface area (TPSA) is 69.0 Å². The van der Waals surface area contributed by atoms with E-state index in [0.29, 0.717) is 12.5 Å². The molecule has 0 saturated carbocycles. The van der Waals surface area contributed by atoms with Crippen LogP contribution in [0.15, 0.2) is 227 Å². The van der Waals surface area contributed by atoms with Crippen molar-refractivity contribution in [2.75, 3.05) is 13.2 Å². The maximum Gasteiger partial charge on any atom is 0.119 e. The van der Waals surface area contributed by atoms with E-state index < -0.39 is 0 Å². The first-order chi connectivity index (χ1) is 39.1. The molecule has 0 spiro atoms. The normalized spacial score (nSPS) is 11.9. The minimum Gasteiger partial charge on any atom is -0.494 e. The molecule has 0 fully saturated rings. The summed E-state index contributed by atoms with van der Waals surface area (Å²) >= 11 is 2.45. The number of ether oxygens (including phenoxy) is 2. The highest BCUT2D eigenvalue weighted by molar-refractivity contribution is 7.58. The average molecular weight is 1070 g/mol. The third-order valence-corrected chi connectivity index (χ3v) is 15.9. The van der Waals surface area contributed by atoms with Gasteiger partial charge in [0.25, 0.3) is 0 Å². The number of fused-ring (bicyclic) bond motifs is 2. The number of benzene rings is 9. The quantitative estimate of drug-likeness (QED) is 0.0501. The second kappa shape index (κ2) is 25.4. The van der Waals surface area contributed by atoms with Gasteiger partial charge in [0.05, 0.1) is 36.3 Å². The van der Waals surface area contributed by atoms with E-state index in [4.69, 9.17) is 26.9 Å². The average Bonchev–Trinajstić information content (AvgIpc) is 4.22. The van der Waals surface area contributed by atoms with E-state index in [-0.39, 0.29) is 0 Å².